The van der Waals surface area contributed by atoms with E-state index in [2.05, 4.69) is 27.9 Å². The topological polar surface area (TPSA) is 3.24 Å². The van der Waals surface area contributed by atoms with E-state index in [1.54, 1.807) is 6.07 Å². The van der Waals surface area contributed by atoms with Crippen molar-refractivity contribution in [2.75, 3.05) is 13.6 Å². The summed E-state index contributed by atoms with van der Waals surface area (Å²) < 4.78 is 14.1. The van der Waals surface area contributed by atoms with Gasteiger partial charge in [0.1, 0.15) is 5.82 Å². The lowest BCUT2D eigenvalue weighted by Crippen LogP contribution is -2.24. The van der Waals surface area contributed by atoms with Crippen LogP contribution in [0.1, 0.15) is 31.2 Å². The van der Waals surface area contributed by atoms with Crippen molar-refractivity contribution in [3.63, 3.8) is 0 Å². The summed E-state index contributed by atoms with van der Waals surface area (Å²) in [5.74, 6) is 0.681. The van der Waals surface area contributed by atoms with Gasteiger partial charge in [0.25, 0.3) is 0 Å². The van der Waals surface area contributed by atoms with E-state index < -0.39 is 0 Å². The van der Waals surface area contributed by atoms with Gasteiger partial charge in [-0.25, -0.2) is 4.39 Å². The Bertz CT molecular complexity index is 354. The Labute approximate surface area is 111 Å². The fourth-order valence-corrected chi connectivity index (χ4v) is 3.22. The van der Waals surface area contributed by atoms with E-state index in [0.717, 1.165) is 29.0 Å². The summed E-state index contributed by atoms with van der Waals surface area (Å²) in [6, 6.07) is 5.12. The van der Waals surface area contributed by atoms with E-state index in [0.29, 0.717) is 0 Å². The lowest BCUT2D eigenvalue weighted by atomic mass is 10.1. The Morgan fingerprint density at radius 2 is 2.00 bits per heavy atom. The van der Waals surface area contributed by atoms with Gasteiger partial charge < -0.3 is 4.90 Å². The van der Waals surface area contributed by atoms with Crippen LogP contribution in [-0.4, -0.2) is 18.5 Å². The van der Waals surface area contributed by atoms with Crippen molar-refractivity contribution in [2.45, 2.75) is 32.2 Å². The number of hydrogen-bond acceptors (Lipinski definition) is 1. The molecule has 0 spiro atoms. The number of nitrogens with zero attached hydrogens (tertiary/aromatic N) is 1. The summed E-state index contributed by atoms with van der Waals surface area (Å²) in [4.78, 5) is 2.30. The molecule has 17 heavy (non-hydrogen) atoms. The van der Waals surface area contributed by atoms with Crippen molar-refractivity contribution in [3.05, 3.63) is 34.1 Å². The zero-order valence-corrected chi connectivity index (χ0v) is 11.8. The molecular weight excluding hydrogens is 281 g/mol. The predicted octanol–water partition coefficient (Wildman–Crippen LogP) is 4.21. The third-order valence-corrected chi connectivity index (χ3v) is 3.88. The minimum atomic E-state index is -0.163. The number of halogens is 2. The summed E-state index contributed by atoms with van der Waals surface area (Å²) in [6.07, 6.45) is 5.47. The molecule has 0 bridgehead atoms. The summed E-state index contributed by atoms with van der Waals surface area (Å²) in [5.41, 5.74) is 1.04. The van der Waals surface area contributed by atoms with Crippen LogP contribution in [0.4, 0.5) is 4.39 Å². The van der Waals surface area contributed by atoms with Gasteiger partial charge in [-0.15, -0.1) is 0 Å². The normalized spacial score (nSPS) is 16.9. The maximum Gasteiger partial charge on any atom is 0.124 e. The second-order valence-corrected chi connectivity index (χ2v) is 6.04. The van der Waals surface area contributed by atoms with E-state index in [1.165, 1.54) is 31.7 Å². The highest BCUT2D eigenvalue weighted by atomic mass is 79.9. The molecule has 1 aliphatic rings. The molecule has 1 saturated carbocycles. The highest BCUT2D eigenvalue weighted by Gasteiger charge is 2.16. The SMILES string of the molecule is CN(Cc1cc(F)cc(Br)c1)CC1CCCC1. The maximum absolute atomic E-state index is 13.2. The first kappa shape index (κ1) is 13.0. The molecule has 0 unspecified atom stereocenters. The fraction of sp³-hybridized carbons (Fsp3) is 0.571. The predicted molar refractivity (Wildman–Crippen MR) is 72.4 cm³/mol. The third-order valence-electron chi connectivity index (χ3n) is 3.42. The van der Waals surface area contributed by atoms with Crippen molar-refractivity contribution < 1.29 is 4.39 Å². The molecule has 3 heteroatoms. The van der Waals surface area contributed by atoms with Crippen LogP contribution in [0, 0.1) is 11.7 Å². The first-order chi connectivity index (χ1) is 8.13. The average molecular weight is 300 g/mol. The van der Waals surface area contributed by atoms with E-state index in [4.69, 9.17) is 0 Å². The minimum absolute atomic E-state index is 0.163. The van der Waals surface area contributed by atoms with Crippen molar-refractivity contribution in [2.24, 2.45) is 5.92 Å². The molecule has 94 valence electrons. The van der Waals surface area contributed by atoms with Crippen molar-refractivity contribution in [3.8, 4) is 0 Å². The third kappa shape index (κ3) is 4.07. The lowest BCUT2D eigenvalue weighted by molar-refractivity contribution is 0.271. The quantitative estimate of drug-likeness (QED) is 0.805. The van der Waals surface area contributed by atoms with Crippen LogP contribution in [0.3, 0.4) is 0 Å². The molecule has 0 aromatic heterocycles. The van der Waals surface area contributed by atoms with E-state index >= 15 is 0 Å². The second kappa shape index (κ2) is 5.96. The molecule has 0 saturated heterocycles. The Morgan fingerprint density at radius 3 is 2.65 bits per heavy atom. The maximum atomic E-state index is 13.2. The molecule has 1 fully saturated rings. The molecular formula is C14H19BrFN. The Hall–Kier alpha value is -0.410. The van der Waals surface area contributed by atoms with Gasteiger partial charge in [-0.3, -0.25) is 0 Å². The second-order valence-electron chi connectivity index (χ2n) is 5.12. The first-order valence-corrected chi connectivity index (χ1v) is 7.06. The smallest absolute Gasteiger partial charge is 0.124 e. The van der Waals surface area contributed by atoms with Gasteiger partial charge in [-0.2, -0.15) is 0 Å². The molecule has 1 aliphatic carbocycles. The number of hydrogen-bond donors (Lipinski definition) is 0. The van der Waals surface area contributed by atoms with Gasteiger partial charge in [0, 0.05) is 17.6 Å². The number of rotatable bonds is 4. The van der Waals surface area contributed by atoms with E-state index in [1.807, 2.05) is 6.07 Å². The first-order valence-electron chi connectivity index (χ1n) is 6.27. The minimum Gasteiger partial charge on any atom is -0.302 e. The van der Waals surface area contributed by atoms with Gasteiger partial charge in [0.15, 0.2) is 0 Å². The number of benzene rings is 1. The van der Waals surface area contributed by atoms with Crippen LogP contribution in [0.2, 0.25) is 0 Å². The summed E-state index contributed by atoms with van der Waals surface area (Å²) in [6.45, 7) is 1.96. The molecule has 0 amide bonds. The van der Waals surface area contributed by atoms with Crippen molar-refractivity contribution in [1.82, 2.24) is 4.90 Å². The van der Waals surface area contributed by atoms with Gasteiger partial charge in [-0.05, 0) is 49.6 Å². The molecule has 2 rings (SSSR count). The molecule has 0 heterocycles. The summed E-state index contributed by atoms with van der Waals surface area (Å²) in [7, 11) is 2.12. The molecule has 0 atom stereocenters. The fourth-order valence-electron chi connectivity index (χ4n) is 2.71. The zero-order valence-electron chi connectivity index (χ0n) is 10.3. The molecule has 0 radical (unpaired) electrons. The van der Waals surface area contributed by atoms with Crippen LogP contribution >= 0.6 is 15.9 Å². The monoisotopic (exact) mass is 299 g/mol. The molecule has 1 aromatic carbocycles. The molecule has 1 aromatic rings. The molecule has 0 N–H and O–H groups in total. The van der Waals surface area contributed by atoms with Crippen LogP contribution in [0.5, 0.6) is 0 Å². The van der Waals surface area contributed by atoms with E-state index in [-0.39, 0.29) is 5.82 Å². The Balaban J connectivity index is 1.90. The lowest BCUT2D eigenvalue weighted by Gasteiger charge is -2.20. The highest BCUT2D eigenvalue weighted by molar-refractivity contribution is 9.10. The largest absolute Gasteiger partial charge is 0.302 e. The van der Waals surface area contributed by atoms with Crippen LogP contribution in [0.15, 0.2) is 22.7 Å². The van der Waals surface area contributed by atoms with Gasteiger partial charge in [0.2, 0.25) is 0 Å². The Kier molecular flexibility index (Phi) is 4.57. The molecule has 1 nitrogen and oxygen atoms in total. The van der Waals surface area contributed by atoms with Gasteiger partial charge >= 0.3 is 0 Å². The van der Waals surface area contributed by atoms with Gasteiger partial charge in [-0.1, -0.05) is 28.8 Å². The van der Waals surface area contributed by atoms with Crippen LogP contribution in [0.25, 0.3) is 0 Å². The Morgan fingerprint density at radius 1 is 1.29 bits per heavy atom. The van der Waals surface area contributed by atoms with E-state index in [9.17, 15) is 4.39 Å². The zero-order chi connectivity index (χ0) is 12.3. The summed E-state index contributed by atoms with van der Waals surface area (Å²) in [5, 5.41) is 0. The standard InChI is InChI=1S/C14H19BrFN/c1-17(9-11-4-2-3-5-11)10-12-6-13(15)8-14(16)7-12/h6-8,11H,2-5,9-10H2,1H3. The van der Waals surface area contributed by atoms with Gasteiger partial charge in [0.05, 0.1) is 0 Å². The van der Waals surface area contributed by atoms with Crippen molar-refractivity contribution in [1.29, 1.82) is 0 Å². The van der Waals surface area contributed by atoms with Crippen LogP contribution in [-0.2, 0) is 6.54 Å². The molecule has 0 aliphatic heterocycles. The highest BCUT2D eigenvalue weighted by Crippen LogP contribution is 2.25. The van der Waals surface area contributed by atoms with Crippen LogP contribution < -0.4 is 0 Å². The average Bonchev–Trinajstić information content (AvgIpc) is 2.67. The van der Waals surface area contributed by atoms with Crippen molar-refractivity contribution >= 4 is 15.9 Å². The summed E-state index contributed by atoms with van der Waals surface area (Å²) >= 11 is 3.33.